The minimum atomic E-state index is -4.54. The van der Waals surface area contributed by atoms with E-state index in [-0.39, 0.29) is 23.8 Å². The number of nitrogens with zero attached hydrogens (tertiary/aromatic N) is 3. The molecular weight excluding hydrogens is 363 g/mol. The van der Waals surface area contributed by atoms with Gasteiger partial charge in [-0.05, 0) is 36.8 Å². The highest BCUT2D eigenvalue weighted by atomic mass is 19.4. The average molecular weight is 379 g/mol. The van der Waals surface area contributed by atoms with Gasteiger partial charge in [0.05, 0.1) is 24.5 Å². The van der Waals surface area contributed by atoms with Crippen molar-refractivity contribution in [3.8, 4) is 17.0 Å². The van der Waals surface area contributed by atoms with Gasteiger partial charge in [-0.15, -0.1) is 0 Å². The Kier molecular flexibility index (Phi) is 4.08. The standard InChI is InChI=1S/C18H16F3N3O3/c1-9-4-11(18(19,20)21)5-14(25)16(9)12-3-2-10-6-24(23-17(10)22-12)13-7-27-8-15(13)26/h2-6,13,15,25-26H,7-8H2,1H3/t13-,15-/m1/s1. The van der Waals surface area contributed by atoms with Crippen molar-refractivity contribution in [1.82, 2.24) is 14.8 Å². The highest BCUT2D eigenvalue weighted by Gasteiger charge is 2.32. The van der Waals surface area contributed by atoms with Gasteiger partial charge in [-0.25, -0.2) is 4.98 Å². The predicted molar refractivity (Wildman–Crippen MR) is 90.2 cm³/mol. The van der Waals surface area contributed by atoms with Crippen LogP contribution in [-0.4, -0.2) is 44.3 Å². The first-order chi connectivity index (χ1) is 12.7. The third kappa shape index (κ3) is 3.13. The second-order valence-electron chi connectivity index (χ2n) is 6.58. The van der Waals surface area contributed by atoms with E-state index in [1.165, 1.54) is 6.92 Å². The van der Waals surface area contributed by atoms with Crippen molar-refractivity contribution in [2.45, 2.75) is 25.2 Å². The molecule has 2 atom stereocenters. The van der Waals surface area contributed by atoms with Gasteiger partial charge in [-0.1, -0.05) is 0 Å². The molecule has 2 aromatic heterocycles. The number of rotatable bonds is 2. The summed E-state index contributed by atoms with van der Waals surface area (Å²) in [5, 5.41) is 25.2. The number of pyridine rings is 1. The molecule has 1 aromatic carbocycles. The molecule has 9 heteroatoms. The van der Waals surface area contributed by atoms with Crippen LogP contribution in [-0.2, 0) is 10.9 Å². The Hall–Kier alpha value is -2.65. The maximum Gasteiger partial charge on any atom is 0.416 e. The van der Waals surface area contributed by atoms with Crippen LogP contribution in [0.5, 0.6) is 5.75 Å². The zero-order valence-corrected chi connectivity index (χ0v) is 14.2. The van der Waals surface area contributed by atoms with Crippen LogP contribution in [0.15, 0.2) is 30.5 Å². The number of halogens is 3. The lowest BCUT2D eigenvalue weighted by atomic mass is 10.00. The Morgan fingerprint density at radius 2 is 2.00 bits per heavy atom. The summed E-state index contributed by atoms with van der Waals surface area (Å²) >= 11 is 0. The smallest absolute Gasteiger partial charge is 0.416 e. The summed E-state index contributed by atoms with van der Waals surface area (Å²) in [6.45, 7) is 2.06. The molecule has 3 heterocycles. The van der Waals surface area contributed by atoms with Crippen LogP contribution >= 0.6 is 0 Å². The summed E-state index contributed by atoms with van der Waals surface area (Å²) in [4.78, 5) is 4.38. The number of ether oxygens (including phenoxy) is 1. The zero-order chi connectivity index (χ0) is 19.3. The van der Waals surface area contributed by atoms with E-state index in [4.69, 9.17) is 4.74 Å². The van der Waals surface area contributed by atoms with Gasteiger partial charge in [0.2, 0.25) is 0 Å². The van der Waals surface area contributed by atoms with Gasteiger partial charge in [0.15, 0.2) is 5.65 Å². The van der Waals surface area contributed by atoms with Crippen LogP contribution in [0.25, 0.3) is 22.3 Å². The van der Waals surface area contributed by atoms with Crippen molar-refractivity contribution in [3.63, 3.8) is 0 Å². The molecule has 0 aliphatic carbocycles. The topological polar surface area (TPSA) is 80.4 Å². The fourth-order valence-electron chi connectivity index (χ4n) is 3.28. The lowest BCUT2D eigenvalue weighted by Crippen LogP contribution is -2.22. The number of aliphatic hydroxyl groups is 1. The van der Waals surface area contributed by atoms with Crippen LogP contribution in [0.1, 0.15) is 17.2 Å². The summed E-state index contributed by atoms with van der Waals surface area (Å²) in [7, 11) is 0. The molecule has 1 aliphatic heterocycles. The van der Waals surface area contributed by atoms with Gasteiger partial charge >= 0.3 is 6.18 Å². The monoisotopic (exact) mass is 379 g/mol. The molecule has 0 radical (unpaired) electrons. The minimum absolute atomic E-state index is 0.226. The van der Waals surface area contributed by atoms with Crippen LogP contribution in [0.3, 0.4) is 0 Å². The Bertz CT molecular complexity index is 993. The molecule has 0 saturated carbocycles. The lowest BCUT2D eigenvalue weighted by Gasteiger charge is -2.13. The highest BCUT2D eigenvalue weighted by Crippen LogP contribution is 2.38. The van der Waals surface area contributed by atoms with Crippen molar-refractivity contribution < 1.29 is 28.1 Å². The van der Waals surface area contributed by atoms with Crippen LogP contribution < -0.4 is 0 Å². The number of alkyl halides is 3. The molecule has 0 unspecified atom stereocenters. The molecule has 2 N–H and O–H groups in total. The molecule has 4 rings (SSSR count). The fourth-order valence-corrected chi connectivity index (χ4v) is 3.28. The van der Waals surface area contributed by atoms with Gasteiger partial charge in [0, 0.05) is 17.1 Å². The van der Waals surface area contributed by atoms with Crippen molar-refractivity contribution in [3.05, 3.63) is 41.6 Å². The largest absolute Gasteiger partial charge is 0.507 e. The van der Waals surface area contributed by atoms with E-state index in [9.17, 15) is 23.4 Å². The highest BCUT2D eigenvalue weighted by molar-refractivity contribution is 5.80. The van der Waals surface area contributed by atoms with Crippen molar-refractivity contribution >= 4 is 11.0 Å². The molecule has 0 amide bonds. The predicted octanol–water partition coefficient (Wildman–Crippen LogP) is 3.06. The van der Waals surface area contributed by atoms with E-state index in [2.05, 4.69) is 10.1 Å². The van der Waals surface area contributed by atoms with E-state index in [1.807, 2.05) is 0 Å². The third-order valence-electron chi connectivity index (χ3n) is 4.65. The molecule has 142 valence electrons. The normalized spacial score (nSPS) is 20.5. The quantitative estimate of drug-likeness (QED) is 0.715. The molecule has 0 bridgehead atoms. The first-order valence-corrected chi connectivity index (χ1v) is 8.27. The van der Waals surface area contributed by atoms with Crippen molar-refractivity contribution in [1.29, 1.82) is 0 Å². The van der Waals surface area contributed by atoms with E-state index in [1.54, 1.807) is 23.0 Å². The zero-order valence-electron chi connectivity index (χ0n) is 14.2. The number of phenolic OH excluding ortho intramolecular Hbond substituents is 1. The summed E-state index contributed by atoms with van der Waals surface area (Å²) in [6.07, 6.45) is -3.48. The van der Waals surface area contributed by atoms with Crippen molar-refractivity contribution in [2.24, 2.45) is 0 Å². The van der Waals surface area contributed by atoms with Crippen LogP contribution in [0, 0.1) is 6.92 Å². The number of hydrogen-bond donors (Lipinski definition) is 2. The number of hydrogen-bond acceptors (Lipinski definition) is 5. The number of benzene rings is 1. The van der Waals surface area contributed by atoms with Crippen LogP contribution in [0.2, 0.25) is 0 Å². The van der Waals surface area contributed by atoms with Gasteiger partial charge < -0.3 is 14.9 Å². The summed E-state index contributed by atoms with van der Waals surface area (Å²) in [5.74, 6) is -0.492. The average Bonchev–Trinajstić information content (AvgIpc) is 3.18. The number of fused-ring (bicyclic) bond motifs is 1. The SMILES string of the molecule is Cc1cc(C(F)(F)F)cc(O)c1-c1ccc2cn([C@@H]3COC[C@H]3O)nc2n1. The van der Waals surface area contributed by atoms with Gasteiger partial charge in [0.1, 0.15) is 17.9 Å². The van der Waals surface area contributed by atoms with Gasteiger partial charge in [-0.3, -0.25) is 4.68 Å². The minimum Gasteiger partial charge on any atom is -0.507 e. The first kappa shape index (κ1) is 17.7. The Labute approximate surface area is 151 Å². The molecule has 6 nitrogen and oxygen atoms in total. The molecule has 27 heavy (non-hydrogen) atoms. The Morgan fingerprint density at radius 1 is 1.22 bits per heavy atom. The molecule has 1 saturated heterocycles. The second-order valence-corrected chi connectivity index (χ2v) is 6.58. The third-order valence-corrected chi connectivity index (χ3v) is 4.65. The van der Waals surface area contributed by atoms with E-state index in [0.29, 0.717) is 29.4 Å². The number of aryl methyl sites for hydroxylation is 1. The maximum atomic E-state index is 12.9. The molecule has 3 aromatic rings. The number of aromatic hydroxyl groups is 1. The number of phenols is 1. The van der Waals surface area contributed by atoms with E-state index in [0.717, 1.165) is 6.07 Å². The van der Waals surface area contributed by atoms with E-state index < -0.39 is 23.6 Å². The van der Waals surface area contributed by atoms with Crippen LogP contribution in [0.4, 0.5) is 13.2 Å². The molecule has 1 aliphatic rings. The Morgan fingerprint density at radius 3 is 2.63 bits per heavy atom. The first-order valence-electron chi connectivity index (χ1n) is 8.27. The summed E-state index contributed by atoms with van der Waals surface area (Å²) < 4.78 is 45.5. The fraction of sp³-hybridized carbons (Fsp3) is 0.333. The number of aromatic nitrogens is 3. The molecule has 1 fully saturated rings. The van der Waals surface area contributed by atoms with E-state index >= 15 is 0 Å². The molecule has 0 spiro atoms. The second kappa shape index (κ2) is 6.21. The lowest BCUT2D eigenvalue weighted by molar-refractivity contribution is -0.137. The number of aliphatic hydroxyl groups excluding tert-OH is 1. The van der Waals surface area contributed by atoms with Crippen molar-refractivity contribution in [2.75, 3.05) is 13.2 Å². The summed E-state index contributed by atoms with van der Waals surface area (Å²) in [5.41, 5.74) is 0.253. The maximum absolute atomic E-state index is 12.9. The molecular formula is C18H16F3N3O3. The summed E-state index contributed by atoms with van der Waals surface area (Å²) in [6, 6.07) is 4.69. The van der Waals surface area contributed by atoms with Gasteiger partial charge in [-0.2, -0.15) is 18.3 Å². The Balaban J connectivity index is 1.76. The van der Waals surface area contributed by atoms with Gasteiger partial charge in [0.25, 0.3) is 0 Å².